The fourth-order valence-electron chi connectivity index (χ4n) is 5.58. The first-order valence-corrected chi connectivity index (χ1v) is 13.1. The van der Waals surface area contributed by atoms with Gasteiger partial charge in [-0.05, 0) is 57.5 Å². The summed E-state index contributed by atoms with van der Waals surface area (Å²) in [5, 5.41) is 4.63. The number of alkyl halides is 2. The van der Waals surface area contributed by atoms with Crippen LogP contribution >= 0.6 is 0 Å². The van der Waals surface area contributed by atoms with Gasteiger partial charge in [-0.1, -0.05) is 12.1 Å². The van der Waals surface area contributed by atoms with Gasteiger partial charge in [0, 0.05) is 50.4 Å². The molecule has 4 heterocycles. The van der Waals surface area contributed by atoms with Gasteiger partial charge >= 0.3 is 0 Å². The minimum absolute atomic E-state index is 0.178. The SMILES string of the molecule is CCc1cc(F)c2nc(N3CCN(C(=O)[C@H]4CC(F)(F)CCN4C)C[C@H]3C)c(-c3nc(C)no3)c(C)c2c1. The van der Waals surface area contributed by atoms with Crippen molar-refractivity contribution in [3.05, 3.63) is 34.9 Å². The number of halogens is 3. The number of carbonyl (C=O) groups is 1. The van der Waals surface area contributed by atoms with Gasteiger partial charge in [-0.25, -0.2) is 18.2 Å². The molecule has 0 spiro atoms. The molecule has 0 bridgehead atoms. The van der Waals surface area contributed by atoms with Crippen molar-refractivity contribution >= 4 is 22.6 Å². The number of piperidine rings is 1. The van der Waals surface area contributed by atoms with Crippen molar-refractivity contribution in [3.63, 3.8) is 0 Å². The fraction of sp³-hybridized carbons (Fsp3) is 0.556. The Kier molecular flexibility index (Phi) is 6.83. The quantitative estimate of drug-likeness (QED) is 0.496. The number of carbonyl (C=O) groups excluding carboxylic acids is 1. The Morgan fingerprint density at radius 2 is 1.95 bits per heavy atom. The summed E-state index contributed by atoms with van der Waals surface area (Å²) < 4.78 is 49.0. The molecule has 1 aromatic carbocycles. The largest absolute Gasteiger partial charge is 0.350 e. The van der Waals surface area contributed by atoms with Gasteiger partial charge in [0.15, 0.2) is 5.82 Å². The zero-order valence-corrected chi connectivity index (χ0v) is 22.4. The smallest absolute Gasteiger partial charge is 0.261 e. The third kappa shape index (κ3) is 4.72. The number of pyridine rings is 1. The van der Waals surface area contributed by atoms with E-state index < -0.39 is 24.2 Å². The van der Waals surface area contributed by atoms with Crippen LogP contribution in [0.25, 0.3) is 22.4 Å². The zero-order chi connectivity index (χ0) is 27.4. The first-order valence-electron chi connectivity index (χ1n) is 13.1. The Balaban J connectivity index is 1.50. The molecule has 2 aliphatic rings. The third-order valence-corrected chi connectivity index (χ3v) is 7.84. The Labute approximate surface area is 219 Å². The lowest BCUT2D eigenvalue weighted by atomic mass is 9.97. The van der Waals surface area contributed by atoms with Gasteiger partial charge in [0.1, 0.15) is 17.2 Å². The molecule has 38 heavy (non-hydrogen) atoms. The highest BCUT2D eigenvalue weighted by Gasteiger charge is 2.44. The van der Waals surface area contributed by atoms with Crippen LogP contribution < -0.4 is 4.90 Å². The highest BCUT2D eigenvalue weighted by molar-refractivity contribution is 5.93. The highest BCUT2D eigenvalue weighted by Crippen LogP contribution is 2.39. The molecule has 0 saturated carbocycles. The van der Waals surface area contributed by atoms with Crippen molar-refractivity contribution in [2.24, 2.45) is 0 Å². The average molecular weight is 531 g/mol. The summed E-state index contributed by atoms with van der Waals surface area (Å²) in [5.74, 6) is -2.26. The molecule has 0 aliphatic carbocycles. The molecule has 2 fully saturated rings. The number of aromatic nitrogens is 3. The molecule has 0 radical (unpaired) electrons. The molecule has 2 atom stereocenters. The van der Waals surface area contributed by atoms with Crippen LogP contribution in [-0.4, -0.2) is 82.1 Å². The van der Waals surface area contributed by atoms with Gasteiger partial charge in [-0.3, -0.25) is 9.69 Å². The highest BCUT2D eigenvalue weighted by atomic mass is 19.3. The molecular formula is C27H33F3N6O2. The maximum Gasteiger partial charge on any atom is 0.261 e. The van der Waals surface area contributed by atoms with Crippen LogP contribution in [-0.2, 0) is 11.2 Å². The Morgan fingerprint density at radius 3 is 2.61 bits per heavy atom. The van der Waals surface area contributed by atoms with Crippen molar-refractivity contribution in [2.75, 3.05) is 38.1 Å². The monoisotopic (exact) mass is 530 g/mol. The van der Waals surface area contributed by atoms with Crippen molar-refractivity contribution in [2.45, 2.75) is 65.0 Å². The van der Waals surface area contributed by atoms with Crippen LogP contribution in [0.3, 0.4) is 0 Å². The molecule has 2 aromatic heterocycles. The molecule has 8 nitrogen and oxygen atoms in total. The van der Waals surface area contributed by atoms with Crippen LogP contribution in [0.5, 0.6) is 0 Å². The molecule has 2 saturated heterocycles. The molecule has 0 N–H and O–H groups in total. The van der Waals surface area contributed by atoms with E-state index in [-0.39, 0.29) is 30.4 Å². The van der Waals surface area contributed by atoms with Crippen LogP contribution in [0.4, 0.5) is 19.0 Å². The Bertz CT molecular complexity index is 1380. The summed E-state index contributed by atoms with van der Waals surface area (Å²) in [6, 6.07) is 2.38. The number of likely N-dealkylation sites (tertiary alicyclic amines) is 1. The summed E-state index contributed by atoms with van der Waals surface area (Å²) in [5.41, 5.74) is 2.52. The van der Waals surface area contributed by atoms with E-state index in [0.29, 0.717) is 54.5 Å². The van der Waals surface area contributed by atoms with E-state index in [0.717, 1.165) is 11.1 Å². The number of nitrogens with zero attached hydrogens (tertiary/aromatic N) is 6. The molecule has 5 rings (SSSR count). The lowest BCUT2D eigenvalue weighted by Gasteiger charge is -2.44. The first kappa shape index (κ1) is 26.4. The van der Waals surface area contributed by atoms with Crippen molar-refractivity contribution in [1.29, 1.82) is 0 Å². The van der Waals surface area contributed by atoms with E-state index in [9.17, 15) is 13.6 Å². The average Bonchev–Trinajstić information content (AvgIpc) is 3.30. The summed E-state index contributed by atoms with van der Waals surface area (Å²) in [6.45, 7) is 8.76. The fourth-order valence-corrected chi connectivity index (χ4v) is 5.58. The second-order valence-corrected chi connectivity index (χ2v) is 10.5. The standard InChI is InChI=1S/C27H33F3N6O2/c1-6-18-11-19-16(3)22(25-31-17(4)33-38-25)24(32-23(19)20(28)12-18)36-10-9-35(14-15(36)2)26(37)21-13-27(29,30)7-8-34(21)5/h11-12,15,21H,6-10,13-14H2,1-5H3/t15-,21-/m1/s1. The second kappa shape index (κ2) is 9.83. The predicted molar refractivity (Wildman–Crippen MR) is 138 cm³/mol. The Hall–Kier alpha value is -3.21. The molecule has 204 valence electrons. The van der Waals surface area contributed by atoms with Crippen LogP contribution in [0.15, 0.2) is 16.7 Å². The van der Waals surface area contributed by atoms with Gasteiger partial charge in [-0.2, -0.15) is 4.98 Å². The third-order valence-electron chi connectivity index (χ3n) is 7.84. The van der Waals surface area contributed by atoms with Gasteiger partial charge in [0.05, 0.1) is 11.6 Å². The van der Waals surface area contributed by atoms with Crippen LogP contribution in [0.2, 0.25) is 0 Å². The number of aryl methyl sites for hydroxylation is 3. The number of rotatable bonds is 4. The summed E-state index contributed by atoms with van der Waals surface area (Å²) in [4.78, 5) is 27.9. The minimum atomic E-state index is -2.84. The molecule has 0 unspecified atom stereocenters. The van der Waals surface area contributed by atoms with Crippen LogP contribution in [0, 0.1) is 19.7 Å². The number of amides is 1. The van der Waals surface area contributed by atoms with E-state index in [1.807, 2.05) is 31.7 Å². The minimum Gasteiger partial charge on any atom is -0.350 e. The lowest BCUT2D eigenvalue weighted by molar-refractivity contribution is -0.146. The van der Waals surface area contributed by atoms with Crippen molar-refractivity contribution in [3.8, 4) is 11.5 Å². The van der Waals surface area contributed by atoms with E-state index in [4.69, 9.17) is 9.51 Å². The second-order valence-electron chi connectivity index (χ2n) is 10.5. The molecule has 1 amide bonds. The van der Waals surface area contributed by atoms with Gasteiger partial charge in [0.25, 0.3) is 11.8 Å². The molecular weight excluding hydrogens is 497 g/mol. The predicted octanol–water partition coefficient (Wildman–Crippen LogP) is 4.37. The number of hydrogen-bond donors (Lipinski definition) is 0. The van der Waals surface area contributed by atoms with E-state index in [2.05, 4.69) is 10.1 Å². The summed E-state index contributed by atoms with van der Waals surface area (Å²) >= 11 is 0. The first-order chi connectivity index (χ1) is 18.0. The van der Waals surface area contributed by atoms with Crippen molar-refractivity contribution in [1.82, 2.24) is 24.9 Å². The molecule has 2 aliphatic heterocycles. The summed E-state index contributed by atoms with van der Waals surface area (Å²) in [6.07, 6.45) is -0.0289. The zero-order valence-electron chi connectivity index (χ0n) is 22.4. The maximum absolute atomic E-state index is 15.2. The van der Waals surface area contributed by atoms with E-state index in [1.54, 1.807) is 23.8 Å². The number of hydrogen-bond acceptors (Lipinski definition) is 7. The summed E-state index contributed by atoms with van der Waals surface area (Å²) in [7, 11) is 1.72. The molecule has 11 heteroatoms. The number of fused-ring (bicyclic) bond motifs is 1. The number of likely N-dealkylation sites (N-methyl/N-ethyl adjacent to an activating group) is 1. The van der Waals surface area contributed by atoms with E-state index >= 15 is 4.39 Å². The van der Waals surface area contributed by atoms with Crippen molar-refractivity contribution < 1.29 is 22.5 Å². The maximum atomic E-state index is 15.2. The molecule has 3 aromatic rings. The Morgan fingerprint density at radius 1 is 1.18 bits per heavy atom. The number of benzene rings is 1. The normalized spacial score (nSPS) is 22.3. The lowest BCUT2D eigenvalue weighted by Crippen LogP contribution is -2.60. The number of anilines is 1. The van der Waals surface area contributed by atoms with Gasteiger partial charge in [-0.15, -0.1) is 0 Å². The van der Waals surface area contributed by atoms with E-state index in [1.165, 1.54) is 6.07 Å². The van der Waals surface area contributed by atoms with Gasteiger partial charge < -0.3 is 14.3 Å². The van der Waals surface area contributed by atoms with Gasteiger partial charge in [0.2, 0.25) is 5.91 Å². The topological polar surface area (TPSA) is 78.6 Å². The van der Waals surface area contributed by atoms with Crippen LogP contribution in [0.1, 0.15) is 43.6 Å². The number of piperazine rings is 1.